The average Bonchev–Trinajstić information content (AvgIpc) is 3.75. The van der Waals surface area contributed by atoms with Gasteiger partial charge >= 0.3 is 0 Å². The maximum Gasteiger partial charge on any atom is 0.164 e. The molecule has 0 N–H and O–H groups in total. The van der Waals surface area contributed by atoms with E-state index in [1.165, 1.54) is 16.3 Å². The van der Waals surface area contributed by atoms with Gasteiger partial charge in [-0.15, -0.1) is 0 Å². The van der Waals surface area contributed by atoms with Crippen LogP contribution in [0.3, 0.4) is 0 Å². The highest BCUT2D eigenvalue weighted by atomic mass is 16.3. The van der Waals surface area contributed by atoms with Crippen molar-refractivity contribution in [1.29, 1.82) is 0 Å². The van der Waals surface area contributed by atoms with Crippen LogP contribution in [0, 0.1) is 0 Å². The number of nitrogens with zero attached hydrogens (tertiary/aromatic N) is 4. The number of hydrogen-bond donors (Lipinski definition) is 0. The molecule has 9 aromatic rings. The summed E-state index contributed by atoms with van der Waals surface area (Å²) in [6, 6.07) is 48.2. The summed E-state index contributed by atoms with van der Waals surface area (Å²) in [6.45, 7) is 0. The second-order valence-electron chi connectivity index (χ2n) is 12.7. The lowest BCUT2D eigenvalue weighted by Crippen LogP contribution is -2.01. The third-order valence-electron chi connectivity index (χ3n) is 9.73. The topological polar surface area (TPSA) is 56.7 Å². The van der Waals surface area contributed by atoms with Gasteiger partial charge < -0.3 is 8.98 Å². The second-order valence-corrected chi connectivity index (χ2v) is 12.7. The number of para-hydroxylation sites is 2. The van der Waals surface area contributed by atoms with Crippen LogP contribution < -0.4 is 0 Å². The standard InChI is InChI=1S/C45H30N4O/c1-5-15-29(16-6-1)33-25-26-36(45-47-43(30-17-7-2-8-18-30)46-44(48-45)31-19-9-3-10-20-31)39-40-38(50-42(33)39)28-27-35-34-23-13-14-24-37(34)49(41(35)40)32-21-11-4-12-22-32/h1-5,7-15,17-28H,6,16H2. The zero-order chi connectivity index (χ0) is 33.0. The van der Waals surface area contributed by atoms with Crippen molar-refractivity contribution < 1.29 is 4.42 Å². The van der Waals surface area contributed by atoms with Gasteiger partial charge in [-0.3, -0.25) is 0 Å². The molecule has 50 heavy (non-hydrogen) atoms. The molecule has 0 spiro atoms. The zero-order valence-electron chi connectivity index (χ0n) is 27.1. The summed E-state index contributed by atoms with van der Waals surface area (Å²) >= 11 is 0. The highest BCUT2D eigenvalue weighted by Gasteiger charge is 2.25. The monoisotopic (exact) mass is 642 g/mol. The molecule has 236 valence electrons. The van der Waals surface area contributed by atoms with E-state index in [1.54, 1.807) is 0 Å². The third kappa shape index (κ3) is 4.51. The van der Waals surface area contributed by atoms with Crippen molar-refractivity contribution in [3.63, 3.8) is 0 Å². The largest absolute Gasteiger partial charge is 0.455 e. The number of allylic oxidation sites excluding steroid dienone is 4. The lowest BCUT2D eigenvalue weighted by molar-refractivity contribution is 0.667. The summed E-state index contributed by atoms with van der Waals surface area (Å²) in [4.78, 5) is 15.4. The van der Waals surface area contributed by atoms with Gasteiger partial charge in [0.15, 0.2) is 17.5 Å². The molecule has 3 aromatic heterocycles. The fourth-order valence-electron chi connectivity index (χ4n) is 7.45. The van der Waals surface area contributed by atoms with E-state index in [0.29, 0.717) is 17.5 Å². The molecule has 0 fully saturated rings. The van der Waals surface area contributed by atoms with Crippen molar-refractivity contribution in [3.05, 3.63) is 163 Å². The Morgan fingerprint density at radius 2 is 1.18 bits per heavy atom. The van der Waals surface area contributed by atoms with Crippen LogP contribution in [0.25, 0.3) is 89.2 Å². The van der Waals surface area contributed by atoms with E-state index in [9.17, 15) is 0 Å². The number of rotatable bonds is 5. The fraction of sp³-hybridized carbons (Fsp3) is 0.0444. The first kappa shape index (κ1) is 28.4. The second kappa shape index (κ2) is 11.5. The number of fused-ring (bicyclic) bond motifs is 7. The lowest BCUT2D eigenvalue weighted by atomic mass is 9.93. The predicted octanol–water partition coefficient (Wildman–Crippen LogP) is 11.6. The van der Waals surface area contributed by atoms with Gasteiger partial charge in [0.2, 0.25) is 0 Å². The zero-order valence-corrected chi connectivity index (χ0v) is 27.1. The number of furan rings is 1. The van der Waals surface area contributed by atoms with Gasteiger partial charge in [-0.2, -0.15) is 0 Å². The van der Waals surface area contributed by atoms with Crippen LogP contribution in [-0.2, 0) is 0 Å². The summed E-state index contributed by atoms with van der Waals surface area (Å²) < 4.78 is 9.35. The minimum atomic E-state index is 0.605. The molecule has 0 saturated heterocycles. The predicted molar refractivity (Wildman–Crippen MR) is 204 cm³/mol. The Morgan fingerprint density at radius 1 is 0.540 bits per heavy atom. The van der Waals surface area contributed by atoms with Crippen LogP contribution in [0.4, 0.5) is 0 Å². The molecule has 0 aliphatic heterocycles. The highest BCUT2D eigenvalue weighted by Crippen LogP contribution is 2.46. The summed E-state index contributed by atoms with van der Waals surface area (Å²) in [5, 5.41) is 4.41. The van der Waals surface area contributed by atoms with Gasteiger partial charge in [0.05, 0.1) is 16.4 Å². The molecule has 5 nitrogen and oxygen atoms in total. The minimum absolute atomic E-state index is 0.605. The first-order valence-corrected chi connectivity index (χ1v) is 17.0. The molecule has 10 rings (SSSR count). The molecular formula is C45H30N4O. The number of hydrogen-bond acceptors (Lipinski definition) is 4. The summed E-state index contributed by atoms with van der Waals surface area (Å²) in [5.41, 5.74) is 10.1. The smallest absolute Gasteiger partial charge is 0.164 e. The van der Waals surface area contributed by atoms with E-state index in [0.717, 1.165) is 73.8 Å². The minimum Gasteiger partial charge on any atom is -0.455 e. The van der Waals surface area contributed by atoms with Crippen LogP contribution in [-0.4, -0.2) is 19.5 Å². The number of benzene rings is 6. The van der Waals surface area contributed by atoms with Gasteiger partial charge in [-0.25, -0.2) is 15.0 Å². The first-order valence-electron chi connectivity index (χ1n) is 17.0. The van der Waals surface area contributed by atoms with E-state index >= 15 is 0 Å². The van der Waals surface area contributed by atoms with E-state index in [1.807, 2.05) is 60.7 Å². The Labute approximate surface area is 288 Å². The SMILES string of the molecule is C1=CCCC(c2ccc(-c3nc(-c4ccccc4)nc(-c4ccccc4)n3)c3c2oc2ccc4c5ccccc5n(-c5ccccc5)c4c23)=C1. The Kier molecular flexibility index (Phi) is 6.56. The van der Waals surface area contributed by atoms with Gasteiger partial charge in [0, 0.05) is 44.1 Å². The average molecular weight is 643 g/mol. The van der Waals surface area contributed by atoms with Crippen molar-refractivity contribution in [2.24, 2.45) is 0 Å². The quantitative estimate of drug-likeness (QED) is 0.187. The van der Waals surface area contributed by atoms with Crippen molar-refractivity contribution in [3.8, 4) is 39.9 Å². The maximum absolute atomic E-state index is 6.97. The van der Waals surface area contributed by atoms with Crippen molar-refractivity contribution in [2.75, 3.05) is 0 Å². The van der Waals surface area contributed by atoms with Crippen LogP contribution in [0.15, 0.2) is 162 Å². The Hall–Kier alpha value is -6.59. The van der Waals surface area contributed by atoms with Crippen molar-refractivity contribution >= 4 is 49.3 Å². The molecular weight excluding hydrogens is 613 g/mol. The summed E-state index contributed by atoms with van der Waals surface area (Å²) in [5.74, 6) is 1.86. The normalized spacial score (nSPS) is 13.1. The molecule has 0 unspecified atom stereocenters. The molecule has 0 atom stereocenters. The Balaban J connectivity index is 1.37. The van der Waals surface area contributed by atoms with E-state index in [4.69, 9.17) is 19.4 Å². The van der Waals surface area contributed by atoms with Crippen LogP contribution in [0.2, 0.25) is 0 Å². The summed E-state index contributed by atoms with van der Waals surface area (Å²) in [6.07, 6.45) is 8.53. The van der Waals surface area contributed by atoms with E-state index in [2.05, 4.69) is 102 Å². The van der Waals surface area contributed by atoms with E-state index < -0.39 is 0 Å². The maximum atomic E-state index is 6.97. The van der Waals surface area contributed by atoms with Gasteiger partial charge in [0.1, 0.15) is 11.2 Å². The van der Waals surface area contributed by atoms with Crippen LogP contribution >= 0.6 is 0 Å². The van der Waals surface area contributed by atoms with Gasteiger partial charge in [-0.1, -0.05) is 121 Å². The van der Waals surface area contributed by atoms with Crippen molar-refractivity contribution in [2.45, 2.75) is 12.8 Å². The Bertz CT molecular complexity index is 2740. The van der Waals surface area contributed by atoms with Crippen LogP contribution in [0.5, 0.6) is 0 Å². The molecule has 5 heteroatoms. The van der Waals surface area contributed by atoms with Gasteiger partial charge in [0.25, 0.3) is 0 Å². The Morgan fingerprint density at radius 3 is 1.88 bits per heavy atom. The molecule has 3 heterocycles. The molecule has 1 aliphatic carbocycles. The molecule has 1 aliphatic rings. The molecule has 6 aromatic carbocycles. The van der Waals surface area contributed by atoms with E-state index in [-0.39, 0.29) is 0 Å². The fourth-order valence-corrected chi connectivity index (χ4v) is 7.45. The molecule has 0 bridgehead atoms. The molecule has 0 amide bonds. The first-order chi connectivity index (χ1) is 24.8. The highest BCUT2D eigenvalue weighted by molar-refractivity contribution is 6.27. The summed E-state index contributed by atoms with van der Waals surface area (Å²) in [7, 11) is 0. The van der Waals surface area contributed by atoms with Crippen molar-refractivity contribution in [1.82, 2.24) is 19.5 Å². The van der Waals surface area contributed by atoms with Crippen LogP contribution in [0.1, 0.15) is 18.4 Å². The van der Waals surface area contributed by atoms with Gasteiger partial charge in [-0.05, 0) is 54.8 Å². The number of aromatic nitrogens is 4. The third-order valence-corrected chi connectivity index (χ3v) is 9.73. The lowest BCUT2D eigenvalue weighted by Gasteiger charge is -2.13. The molecule has 0 saturated carbocycles. The molecule has 0 radical (unpaired) electrons.